The lowest BCUT2D eigenvalue weighted by Crippen LogP contribution is -2.30. The zero-order chi connectivity index (χ0) is 18.4. The van der Waals surface area contributed by atoms with Crippen LogP contribution in [-0.2, 0) is 17.8 Å². The number of nitrogens with zero attached hydrogens (tertiary/aromatic N) is 2. The molecule has 0 fully saturated rings. The normalized spacial score (nSPS) is 11.9. The highest BCUT2D eigenvalue weighted by atomic mass is 32.2. The van der Waals surface area contributed by atoms with Crippen molar-refractivity contribution in [2.75, 3.05) is 0 Å². The first kappa shape index (κ1) is 18.2. The lowest BCUT2D eigenvalue weighted by atomic mass is 10.1. The van der Waals surface area contributed by atoms with Crippen LogP contribution >= 0.6 is 11.8 Å². The zero-order valence-electron chi connectivity index (χ0n) is 14.9. The van der Waals surface area contributed by atoms with Gasteiger partial charge in [-0.05, 0) is 24.5 Å². The molecule has 0 spiro atoms. The second-order valence-electron chi connectivity index (χ2n) is 5.98. The summed E-state index contributed by atoms with van der Waals surface area (Å²) in [6, 6.07) is 18.1. The molecule has 0 saturated heterocycles. The number of hydrogen-bond acceptors (Lipinski definition) is 4. The average molecular weight is 366 g/mol. The number of benzene rings is 2. The molecular weight excluding hydrogens is 344 g/mol. The molecule has 1 unspecified atom stereocenters. The van der Waals surface area contributed by atoms with Gasteiger partial charge in [0, 0.05) is 12.1 Å². The summed E-state index contributed by atoms with van der Waals surface area (Å²) >= 11 is 1.34. The van der Waals surface area contributed by atoms with Crippen LogP contribution in [0.25, 0.3) is 11.4 Å². The number of aromatic nitrogens is 3. The number of thioether (sulfide) groups is 1. The number of hydrogen-bond donors (Lipinski definition) is 2. The first-order valence-electron chi connectivity index (χ1n) is 8.65. The number of carbonyl (C=O) groups excluding carboxylic acids is 1. The van der Waals surface area contributed by atoms with E-state index in [2.05, 4.69) is 39.6 Å². The summed E-state index contributed by atoms with van der Waals surface area (Å²) < 4.78 is 0. The highest BCUT2D eigenvalue weighted by Crippen LogP contribution is 2.23. The molecule has 0 aliphatic heterocycles. The van der Waals surface area contributed by atoms with Gasteiger partial charge in [0.05, 0.1) is 5.25 Å². The molecule has 1 aromatic heterocycles. The van der Waals surface area contributed by atoms with Gasteiger partial charge in [-0.2, -0.15) is 0 Å². The van der Waals surface area contributed by atoms with Crippen molar-refractivity contribution in [3.05, 3.63) is 65.7 Å². The molecule has 3 rings (SSSR count). The van der Waals surface area contributed by atoms with E-state index in [-0.39, 0.29) is 11.2 Å². The van der Waals surface area contributed by atoms with Crippen molar-refractivity contribution >= 4 is 17.7 Å². The van der Waals surface area contributed by atoms with Crippen LogP contribution in [-0.4, -0.2) is 26.3 Å². The Morgan fingerprint density at radius 2 is 1.85 bits per heavy atom. The fraction of sp³-hybridized carbons (Fsp3) is 0.250. The standard InChI is InChI=1S/C20H22N4OS/c1-3-15-9-11-17(12-10-15)18-22-20(24-23-18)26-14(2)19(25)21-13-16-7-5-4-6-8-16/h4-12,14H,3,13H2,1-2H3,(H,21,25)(H,22,23,24). The van der Waals surface area contributed by atoms with E-state index >= 15 is 0 Å². The number of amides is 1. The van der Waals surface area contributed by atoms with Crippen LogP contribution in [0.3, 0.4) is 0 Å². The quantitative estimate of drug-likeness (QED) is 0.624. The third-order valence-electron chi connectivity index (χ3n) is 4.06. The molecule has 6 heteroatoms. The molecule has 5 nitrogen and oxygen atoms in total. The molecule has 0 saturated carbocycles. The second-order valence-corrected chi connectivity index (χ2v) is 7.29. The maximum atomic E-state index is 12.3. The minimum absolute atomic E-state index is 0.0301. The van der Waals surface area contributed by atoms with E-state index in [9.17, 15) is 4.79 Å². The lowest BCUT2D eigenvalue weighted by Gasteiger charge is -2.10. The van der Waals surface area contributed by atoms with Gasteiger partial charge in [0.2, 0.25) is 11.1 Å². The monoisotopic (exact) mass is 366 g/mol. The number of carbonyl (C=O) groups is 1. The summed E-state index contributed by atoms with van der Waals surface area (Å²) in [5.41, 5.74) is 3.35. The van der Waals surface area contributed by atoms with Crippen molar-refractivity contribution in [3.63, 3.8) is 0 Å². The summed E-state index contributed by atoms with van der Waals surface area (Å²) in [5, 5.41) is 10.4. The van der Waals surface area contributed by atoms with Crippen LogP contribution in [0, 0.1) is 0 Å². The molecule has 0 aliphatic rings. The van der Waals surface area contributed by atoms with Crippen LogP contribution < -0.4 is 5.32 Å². The number of H-pyrrole nitrogens is 1. The SMILES string of the molecule is CCc1ccc(-c2nc(SC(C)C(=O)NCc3ccccc3)n[nH]2)cc1. The minimum atomic E-state index is -0.273. The maximum Gasteiger partial charge on any atom is 0.233 e. The van der Waals surface area contributed by atoms with E-state index in [1.165, 1.54) is 17.3 Å². The fourth-order valence-corrected chi connectivity index (χ4v) is 3.22. The Bertz CT molecular complexity index is 846. The molecule has 0 radical (unpaired) electrons. The van der Waals surface area contributed by atoms with E-state index in [0.29, 0.717) is 17.5 Å². The van der Waals surface area contributed by atoms with Crippen molar-refractivity contribution in [2.45, 2.75) is 37.2 Å². The summed E-state index contributed by atoms with van der Waals surface area (Å²) in [6.07, 6.45) is 1.01. The van der Waals surface area contributed by atoms with E-state index < -0.39 is 0 Å². The molecule has 3 aromatic rings. The molecule has 0 bridgehead atoms. The van der Waals surface area contributed by atoms with Crippen molar-refractivity contribution in [3.8, 4) is 11.4 Å². The molecular formula is C20H22N4OS. The van der Waals surface area contributed by atoms with Gasteiger partial charge in [-0.3, -0.25) is 9.89 Å². The number of aryl methyl sites for hydroxylation is 1. The highest BCUT2D eigenvalue weighted by molar-refractivity contribution is 8.00. The van der Waals surface area contributed by atoms with Gasteiger partial charge in [-0.1, -0.05) is 73.3 Å². The van der Waals surface area contributed by atoms with Gasteiger partial charge in [0.1, 0.15) is 0 Å². The summed E-state index contributed by atoms with van der Waals surface area (Å²) in [6.45, 7) is 4.51. The summed E-state index contributed by atoms with van der Waals surface area (Å²) in [4.78, 5) is 16.8. The molecule has 1 atom stereocenters. The Morgan fingerprint density at radius 3 is 2.54 bits per heavy atom. The molecule has 1 amide bonds. The highest BCUT2D eigenvalue weighted by Gasteiger charge is 2.17. The van der Waals surface area contributed by atoms with Gasteiger partial charge in [0.15, 0.2) is 5.82 Å². The third-order valence-corrected chi connectivity index (χ3v) is 5.02. The van der Waals surface area contributed by atoms with E-state index in [4.69, 9.17) is 0 Å². The first-order valence-corrected chi connectivity index (χ1v) is 9.53. The largest absolute Gasteiger partial charge is 0.351 e. The Balaban J connectivity index is 1.56. The fourth-order valence-electron chi connectivity index (χ4n) is 2.47. The second kappa shape index (κ2) is 8.67. The van der Waals surface area contributed by atoms with Crippen LogP contribution in [0.5, 0.6) is 0 Å². The molecule has 2 aromatic carbocycles. The smallest absolute Gasteiger partial charge is 0.233 e. The van der Waals surface area contributed by atoms with Gasteiger partial charge in [0.25, 0.3) is 0 Å². The van der Waals surface area contributed by atoms with Gasteiger partial charge < -0.3 is 5.32 Å². The van der Waals surface area contributed by atoms with E-state index in [0.717, 1.165) is 17.5 Å². The lowest BCUT2D eigenvalue weighted by molar-refractivity contribution is -0.120. The molecule has 2 N–H and O–H groups in total. The number of aromatic amines is 1. The number of nitrogens with one attached hydrogen (secondary N) is 2. The molecule has 1 heterocycles. The van der Waals surface area contributed by atoms with Crippen LogP contribution in [0.2, 0.25) is 0 Å². The molecule has 134 valence electrons. The minimum Gasteiger partial charge on any atom is -0.351 e. The van der Waals surface area contributed by atoms with Crippen molar-refractivity contribution in [1.82, 2.24) is 20.5 Å². The zero-order valence-corrected chi connectivity index (χ0v) is 15.7. The van der Waals surface area contributed by atoms with Gasteiger partial charge >= 0.3 is 0 Å². The van der Waals surface area contributed by atoms with Gasteiger partial charge in [-0.25, -0.2) is 4.98 Å². The van der Waals surface area contributed by atoms with Crippen LogP contribution in [0.1, 0.15) is 25.0 Å². The van der Waals surface area contributed by atoms with Crippen molar-refractivity contribution in [1.29, 1.82) is 0 Å². The Kier molecular flexibility index (Phi) is 6.07. The van der Waals surface area contributed by atoms with E-state index in [1.54, 1.807) is 0 Å². The topological polar surface area (TPSA) is 70.7 Å². The first-order chi connectivity index (χ1) is 12.7. The number of rotatable bonds is 7. The maximum absolute atomic E-state index is 12.3. The average Bonchev–Trinajstić information content (AvgIpc) is 3.15. The van der Waals surface area contributed by atoms with E-state index in [1.807, 2.05) is 49.4 Å². The van der Waals surface area contributed by atoms with Crippen LogP contribution in [0.4, 0.5) is 0 Å². The predicted octanol–water partition coefficient (Wildman–Crippen LogP) is 3.83. The van der Waals surface area contributed by atoms with Gasteiger partial charge in [-0.15, -0.1) is 5.10 Å². The Morgan fingerprint density at radius 1 is 1.12 bits per heavy atom. The Labute approximate surface area is 157 Å². The van der Waals surface area contributed by atoms with Crippen molar-refractivity contribution < 1.29 is 4.79 Å². The molecule has 26 heavy (non-hydrogen) atoms. The Hall–Kier alpha value is -2.60. The molecule has 0 aliphatic carbocycles. The summed E-state index contributed by atoms with van der Waals surface area (Å²) in [7, 11) is 0. The third kappa shape index (κ3) is 4.73. The summed E-state index contributed by atoms with van der Waals surface area (Å²) in [5.74, 6) is 0.685. The van der Waals surface area contributed by atoms with Crippen LogP contribution in [0.15, 0.2) is 59.8 Å². The van der Waals surface area contributed by atoms with Crippen molar-refractivity contribution in [2.24, 2.45) is 0 Å². The predicted molar refractivity (Wildman–Crippen MR) is 105 cm³/mol.